The summed E-state index contributed by atoms with van der Waals surface area (Å²) in [4.78, 5) is 51.7. The predicted octanol–water partition coefficient (Wildman–Crippen LogP) is -1.28. The van der Waals surface area contributed by atoms with Gasteiger partial charge in [-0.15, -0.1) is 0 Å². The Morgan fingerprint density at radius 1 is 0.516 bits per heavy atom. The topological polar surface area (TPSA) is 162 Å². The van der Waals surface area contributed by atoms with Crippen LogP contribution in [0.5, 0.6) is 0 Å². The van der Waals surface area contributed by atoms with Gasteiger partial charge in [0.15, 0.2) is 0 Å². The molecule has 0 aromatic carbocycles. The van der Waals surface area contributed by atoms with E-state index in [2.05, 4.69) is 0 Å². The van der Waals surface area contributed by atoms with Gasteiger partial charge in [-0.1, -0.05) is 0 Å². The highest BCUT2D eigenvalue weighted by Gasteiger charge is 2.19. The van der Waals surface area contributed by atoms with Crippen molar-refractivity contribution in [2.75, 3.05) is 78.5 Å². The van der Waals surface area contributed by atoms with Crippen molar-refractivity contribution in [3.05, 3.63) is 0 Å². The molecule has 0 amide bonds. The van der Waals surface area contributed by atoms with Crippen LogP contribution in [-0.4, -0.2) is 142 Å². The van der Waals surface area contributed by atoms with Crippen molar-refractivity contribution in [3.63, 3.8) is 0 Å². The summed E-state index contributed by atoms with van der Waals surface area (Å²) in [7, 11) is 0. The van der Waals surface area contributed by atoms with Crippen LogP contribution in [0.4, 0.5) is 0 Å². The van der Waals surface area contributed by atoms with Crippen molar-refractivity contribution >= 4 is 23.9 Å². The summed E-state index contributed by atoms with van der Waals surface area (Å²) in [5.74, 6) is -3.78. The second-order valence-electron chi connectivity index (χ2n) is 7.70. The summed E-state index contributed by atoms with van der Waals surface area (Å²) in [6.45, 7) is 3.72. The van der Waals surface area contributed by atoms with E-state index in [-0.39, 0.29) is 26.1 Å². The average Bonchev–Trinajstić information content (AvgIpc) is 2.65. The number of carbonyl (C=O) groups is 4. The summed E-state index contributed by atoms with van der Waals surface area (Å²) in [6, 6.07) is 0. The molecule has 0 atom stereocenters. The Labute approximate surface area is 181 Å². The van der Waals surface area contributed by atoms with E-state index in [9.17, 15) is 29.4 Å². The van der Waals surface area contributed by atoms with Gasteiger partial charge in [0.05, 0.1) is 19.6 Å². The zero-order valence-electron chi connectivity index (χ0n) is 17.8. The molecule has 12 heteroatoms. The van der Waals surface area contributed by atoms with Crippen molar-refractivity contribution in [1.29, 1.82) is 0 Å². The van der Waals surface area contributed by atoms with E-state index in [0.717, 1.165) is 0 Å². The van der Waals surface area contributed by atoms with E-state index in [0.29, 0.717) is 71.7 Å². The van der Waals surface area contributed by atoms with Crippen LogP contribution in [0.3, 0.4) is 0 Å². The number of carboxylic acid groups (broad SMARTS) is 4. The quantitative estimate of drug-likeness (QED) is 0.315. The van der Waals surface area contributed by atoms with Crippen LogP contribution in [-0.2, 0) is 19.2 Å². The van der Waals surface area contributed by atoms with Crippen LogP contribution in [0.25, 0.3) is 0 Å². The first kappa shape index (κ1) is 26.8. The van der Waals surface area contributed by atoms with E-state index in [1.807, 2.05) is 4.90 Å². The molecule has 1 heterocycles. The summed E-state index contributed by atoms with van der Waals surface area (Å²) in [6.07, 6.45) is 1.05. The summed E-state index contributed by atoms with van der Waals surface area (Å²) in [5, 5.41) is 36.4. The van der Waals surface area contributed by atoms with Crippen molar-refractivity contribution in [2.24, 2.45) is 0 Å². The van der Waals surface area contributed by atoms with Gasteiger partial charge in [-0.25, -0.2) is 0 Å². The molecule has 0 unspecified atom stereocenters. The van der Waals surface area contributed by atoms with Crippen LogP contribution >= 0.6 is 0 Å². The summed E-state index contributed by atoms with van der Waals surface area (Å²) >= 11 is 0. The Morgan fingerprint density at radius 3 is 1.23 bits per heavy atom. The number of hydrogen-bond donors (Lipinski definition) is 4. The fourth-order valence-corrected chi connectivity index (χ4v) is 3.54. The van der Waals surface area contributed by atoms with Gasteiger partial charge in [0.25, 0.3) is 0 Å². The van der Waals surface area contributed by atoms with E-state index >= 15 is 0 Å². The number of hydrogen-bond acceptors (Lipinski definition) is 8. The Morgan fingerprint density at radius 2 is 0.871 bits per heavy atom. The minimum absolute atomic E-state index is 0.0261. The smallest absolute Gasteiger partial charge is 0.317 e. The number of carboxylic acids is 4. The fourth-order valence-electron chi connectivity index (χ4n) is 3.54. The van der Waals surface area contributed by atoms with E-state index in [1.54, 1.807) is 14.7 Å². The second-order valence-corrected chi connectivity index (χ2v) is 7.70. The van der Waals surface area contributed by atoms with Gasteiger partial charge in [0.2, 0.25) is 0 Å². The van der Waals surface area contributed by atoms with Gasteiger partial charge >= 0.3 is 23.9 Å². The zero-order valence-corrected chi connectivity index (χ0v) is 17.8. The monoisotopic (exact) mass is 446 g/mol. The van der Waals surface area contributed by atoms with Gasteiger partial charge < -0.3 is 25.3 Å². The molecule has 0 radical (unpaired) electrons. The molecule has 178 valence electrons. The van der Waals surface area contributed by atoms with Crippen molar-refractivity contribution < 1.29 is 39.6 Å². The molecule has 1 rings (SSSR count). The van der Waals surface area contributed by atoms with Gasteiger partial charge in [-0.3, -0.25) is 33.9 Å². The molecule has 0 aliphatic carbocycles. The highest BCUT2D eigenvalue weighted by Crippen LogP contribution is 2.04. The summed E-state index contributed by atoms with van der Waals surface area (Å²) < 4.78 is 0. The molecule has 31 heavy (non-hydrogen) atoms. The maximum atomic E-state index is 11.2. The van der Waals surface area contributed by atoms with E-state index < -0.39 is 23.9 Å². The average molecular weight is 447 g/mol. The number of rotatable bonds is 10. The molecule has 0 spiro atoms. The third-order valence-electron chi connectivity index (χ3n) is 5.09. The van der Waals surface area contributed by atoms with Crippen molar-refractivity contribution in [1.82, 2.24) is 19.6 Å². The lowest BCUT2D eigenvalue weighted by Gasteiger charge is -2.29. The Bertz CT molecular complexity index is 603. The molecule has 4 N–H and O–H groups in total. The lowest BCUT2D eigenvalue weighted by molar-refractivity contribution is -0.140. The summed E-state index contributed by atoms with van der Waals surface area (Å²) in [5.41, 5.74) is 0. The minimum Gasteiger partial charge on any atom is -0.481 e. The third-order valence-corrected chi connectivity index (χ3v) is 5.09. The second kappa shape index (κ2) is 14.7. The van der Waals surface area contributed by atoms with Crippen LogP contribution < -0.4 is 0 Å². The Balaban J connectivity index is 2.89. The molecule has 0 aromatic rings. The SMILES string of the molecule is O=C(O)CCCN1CCN(CC(=O)O)CCCN(CC(=O)O)CCN(CC(=O)O)CC1. The van der Waals surface area contributed by atoms with Gasteiger partial charge in [-0.2, -0.15) is 0 Å². The van der Waals surface area contributed by atoms with E-state index in [4.69, 9.17) is 10.2 Å². The van der Waals surface area contributed by atoms with Gasteiger partial charge in [-0.05, 0) is 19.4 Å². The minimum atomic E-state index is -0.973. The molecule has 1 fully saturated rings. The lowest BCUT2D eigenvalue weighted by Crippen LogP contribution is -2.44. The molecule has 1 aliphatic rings. The molecule has 1 saturated heterocycles. The van der Waals surface area contributed by atoms with Crippen LogP contribution in [0, 0.1) is 0 Å². The fraction of sp³-hybridized carbons (Fsp3) is 0.789. The predicted molar refractivity (Wildman–Crippen MR) is 110 cm³/mol. The molecule has 0 saturated carbocycles. The third kappa shape index (κ3) is 13.6. The standard InChI is InChI=1S/C19H34N4O8/c24-16(25)3-1-4-20-7-9-21(13-17(26)27)5-2-6-22(14-18(28)29)11-12-23(10-8-20)15-19(30)31/h1-15H2,(H,24,25)(H,26,27)(H,28,29)(H,30,31). The highest BCUT2D eigenvalue weighted by atomic mass is 16.4. The van der Waals surface area contributed by atoms with Crippen LogP contribution in [0.2, 0.25) is 0 Å². The lowest BCUT2D eigenvalue weighted by atomic mass is 10.2. The maximum Gasteiger partial charge on any atom is 0.317 e. The molecular formula is C19H34N4O8. The first-order valence-electron chi connectivity index (χ1n) is 10.4. The van der Waals surface area contributed by atoms with Crippen molar-refractivity contribution in [2.45, 2.75) is 19.3 Å². The number of aliphatic carboxylic acids is 4. The zero-order chi connectivity index (χ0) is 23.2. The van der Waals surface area contributed by atoms with E-state index in [1.165, 1.54) is 0 Å². The maximum absolute atomic E-state index is 11.2. The molecule has 0 bridgehead atoms. The van der Waals surface area contributed by atoms with Crippen LogP contribution in [0.15, 0.2) is 0 Å². The Kier molecular flexibility index (Phi) is 12.7. The normalized spacial score (nSPS) is 19.1. The van der Waals surface area contributed by atoms with Crippen molar-refractivity contribution in [3.8, 4) is 0 Å². The molecule has 12 nitrogen and oxygen atoms in total. The molecule has 0 aromatic heterocycles. The number of nitrogens with zero attached hydrogens (tertiary/aromatic N) is 4. The Hall–Kier alpha value is -2.28. The first-order valence-corrected chi connectivity index (χ1v) is 10.4. The molecular weight excluding hydrogens is 412 g/mol. The van der Waals surface area contributed by atoms with Gasteiger partial charge in [0.1, 0.15) is 0 Å². The van der Waals surface area contributed by atoms with Crippen LogP contribution in [0.1, 0.15) is 19.3 Å². The van der Waals surface area contributed by atoms with Gasteiger partial charge in [0, 0.05) is 58.8 Å². The largest absolute Gasteiger partial charge is 0.481 e. The first-order chi connectivity index (χ1) is 14.7. The molecule has 1 aliphatic heterocycles. The highest BCUT2D eigenvalue weighted by molar-refractivity contribution is 5.69.